The van der Waals surface area contributed by atoms with E-state index in [9.17, 15) is 9.59 Å². The number of carbonyl (C=O) groups is 2. The second-order valence-electron chi connectivity index (χ2n) is 5.45. The molecule has 2 amide bonds. The Kier molecular flexibility index (Phi) is 5.88. The number of rotatable bonds is 7. The van der Waals surface area contributed by atoms with Crippen molar-refractivity contribution in [2.45, 2.75) is 24.9 Å². The first-order valence-corrected chi connectivity index (χ1v) is 7.49. The van der Waals surface area contributed by atoms with Gasteiger partial charge in [-0.3, -0.25) is 9.59 Å². The predicted octanol–water partition coefficient (Wildman–Crippen LogP) is 0.769. The largest absolute Gasteiger partial charge is 0.368 e. The lowest BCUT2D eigenvalue weighted by Crippen LogP contribution is -2.51. The third-order valence-electron chi connectivity index (χ3n) is 3.58. The molecule has 0 unspecified atom stereocenters. The summed E-state index contributed by atoms with van der Waals surface area (Å²) in [6, 6.07) is 17.4. The first-order chi connectivity index (χ1) is 11.1. The van der Waals surface area contributed by atoms with Crippen molar-refractivity contribution in [1.82, 2.24) is 5.32 Å². The first kappa shape index (κ1) is 16.7. The zero-order chi connectivity index (χ0) is 16.7. The van der Waals surface area contributed by atoms with E-state index in [1.165, 1.54) is 0 Å². The molecule has 0 aliphatic rings. The van der Waals surface area contributed by atoms with Gasteiger partial charge in [-0.2, -0.15) is 0 Å². The standard InChI is InChI=1S/C18H21N3O2/c19-15(11-13-7-3-1-4-8-13)18(23)21-16(17(20)22)12-14-9-5-2-6-10-14/h1-10,15-16H,11-12,19H2,(H2,20,22)(H,21,23)/t15-,16+/m1/s1. The molecule has 0 fully saturated rings. The Labute approximate surface area is 135 Å². The van der Waals surface area contributed by atoms with Gasteiger partial charge in [0.05, 0.1) is 6.04 Å². The fraction of sp³-hybridized carbons (Fsp3) is 0.222. The van der Waals surface area contributed by atoms with E-state index in [4.69, 9.17) is 11.5 Å². The fourth-order valence-corrected chi connectivity index (χ4v) is 2.31. The van der Waals surface area contributed by atoms with Gasteiger partial charge in [0.2, 0.25) is 11.8 Å². The molecule has 0 saturated heterocycles. The van der Waals surface area contributed by atoms with Crippen LogP contribution >= 0.6 is 0 Å². The summed E-state index contributed by atoms with van der Waals surface area (Å²) < 4.78 is 0. The van der Waals surface area contributed by atoms with Gasteiger partial charge in [-0.15, -0.1) is 0 Å². The van der Waals surface area contributed by atoms with Crippen molar-refractivity contribution in [3.8, 4) is 0 Å². The summed E-state index contributed by atoms with van der Waals surface area (Å²) in [5.74, 6) is -0.956. The highest BCUT2D eigenvalue weighted by atomic mass is 16.2. The van der Waals surface area contributed by atoms with Crippen molar-refractivity contribution in [3.63, 3.8) is 0 Å². The molecule has 2 rings (SSSR count). The van der Waals surface area contributed by atoms with Crippen LogP contribution in [0.2, 0.25) is 0 Å². The Morgan fingerprint density at radius 1 is 0.870 bits per heavy atom. The minimum atomic E-state index is -0.772. The topological polar surface area (TPSA) is 98.2 Å². The number of nitrogens with one attached hydrogen (secondary N) is 1. The normalized spacial score (nSPS) is 13.1. The lowest BCUT2D eigenvalue weighted by Gasteiger charge is -2.18. The molecule has 0 saturated carbocycles. The molecule has 2 aromatic rings. The predicted molar refractivity (Wildman–Crippen MR) is 89.4 cm³/mol. The average Bonchev–Trinajstić information content (AvgIpc) is 2.56. The van der Waals surface area contributed by atoms with Crippen LogP contribution in [0.5, 0.6) is 0 Å². The van der Waals surface area contributed by atoms with Crippen molar-refractivity contribution in [3.05, 3.63) is 71.8 Å². The summed E-state index contributed by atoms with van der Waals surface area (Å²) in [6.07, 6.45) is 0.753. The Balaban J connectivity index is 1.96. The van der Waals surface area contributed by atoms with Gasteiger partial charge in [-0.1, -0.05) is 60.7 Å². The van der Waals surface area contributed by atoms with Gasteiger partial charge < -0.3 is 16.8 Å². The molecule has 5 nitrogen and oxygen atoms in total. The highest BCUT2D eigenvalue weighted by Crippen LogP contribution is 2.05. The van der Waals surface area contributed by atoms with Gasteiger partial charge in [0, 0.05) is 6.42 Å². The molecular weight excluding hydrogens is 290 g/mol. The third-order valence-corrected chi connectivity index (χ3v) is 3.58. The molecular formula is C18H21N3O2. The van der Waals surface area contributed by atoms with Crippen molar-refractivity contribution < 1.29 is 9.59 Å². The van der Waals surface area contributed by atoms with Crippen LogP contribution < -0.4 is 16.8 Å². The lowest BCUT2D eigenvalue weighted by molar-refractivity contribution is -0.128. The van der Waals surface area contributed by atoms with E-state index in [1.807, 2.05) is 60.7 Å². The van der Waals surface area contributed by atoms with E-state index in [2.05, 4.69) is 5.32 Å². The van der Waals surface area contributed by atoms with Crippen molar-refractivity contribution in [2.75, 3.05) is 0 Å². The first-order valence-electron chi connectivity index (χ1n) is 7.49. The van der Waals surface area contributed by atoms with Crippen molar-refractivity contribution in [2.24, 2.45) is 11.5 Å². The zero-order valence-corrected chi connectivity index (χ0v) is 12.8. The highest BCUT2D eigenvalue weighted by molar-refractivity contribution is 5.89. The van der Waals surface area contributed by atoms with Crippen LogP contribution in [0.3, 0.4) is 0 Å². The number of nitrogens with two attached hydrogens (primary N) is 2. The number of carbonyl (C=O) groups excluding carboxylic acids is 2. The molecule has 120 valence electrons. The highest BCUT2D eigenvalue weighted by Gasteiger charge is 2.22. The third kappa shape index (κ3) is 5.23. The molecule has 0 heterocycles. The van der Waals surface area contributed by atoms with E-state index in [1.54, 1.807) is 0 Å². The summed E-state index contributed by atoms with van der Waals surface area (Å²) in [5, 5.41) is 2.65. The SMILES string of the molecule is NC(=O)[C@H](Cc1ccccc1)NC(=O)[C@H](N)Cc1ccccc1. The molecule has 2 aromatic carbocycles. The minimum absolute atomic E-state index is 0.347. The molecule has 0 aliphatic carbocycles. The van der Waals surface area contributed by atoms with Gasteiger partial charge in [0.25, 0.3) is 0 Å². The average molecular weight is 311 g/mol. The lowest BCUT2D eigenvalue weighted by atomic mass is 10.0. The monoisotopic (exact) mass is 311 g/mol. The number of amides is 2. The smallest absolute Gasteiger partial charge is 0.240 e. The number of hydrogen-bond acceptors (Lipinski definition) is 3. The van der Waals surface area contributed by atoms with Crippen LogP contribution in [0.15, 0.2) is 60.7 Å². The van der Waals surface area contributed by atoms with Crippen molar-refractivity contribution in [1.29, 1.82) is 0 Å². The fourth-order valence-electron chi connectivity index (χ4n) is 2.31. The molecule has 2 atom stereocenters. The molecule has 23 heavy (non-hydrogen) atoms. The molecule has 0 spiro atoms. The second-order valence-corrected chi connectivity index (χ2v) is 5.45. The molecule has 0 aromatic heterocycles. The molecule has 0 bridgehead atoms. The Morgan fingerprint density at radius 2 is 1.35 bits per heavy atom. The Hall–Kier alpha value is -2.66. The number of primary amides is 1. The summed E-state index contributed by atoms with van der Waals surface area (Å²) in [5.41, 5.74) is 13.2. The number of hydrogen-bond donors (Lipinski definition) is 3. The number of benzene rings is 2. The van der Waals surface area contributed by atoms with Crippen LogP contribution in [0.25, 0.3) is 0 Å². The Morgan fingerprint density at radius 3 is 1.83 bits per heavy atom. The van der Waals surface area contributed by atoms with Crippen LogP contribution in [-0.2, 0) is 22.4 Å². The second kappa shape index (κ2) is 8.10. The quantitative estimate of drug-likeness (QED) is 0.704. The van der Waals surface area contributed by atoms with Gasteiger partial charge >= 0.3 is 0 Å². The van der Waals surface area contributed by atoms with E-state index in [-0.39, 0.29) is 5.91 Å². The van der Waals surface area contributed by atoms with Gasteiger partial charge in [-0.05, 0) is 17.5 Å². The summed E-state index contributed by atoms with van der Waals surface area (Å²) in [6.45, 7) is 0. The molecule has 0 aliphatic heterocycles. The maximum Gasteiger partial charge on any atom is 0.240 e. The zero-order valence-electron chi connectivity index (χ0n) is 12.8. The Bertz CT molecular complexity index is 644. The van der Waals surface area contributed by atoms with Gasteiger partial charge in [-0.25, -0.2) is 0 Å². The molecule has 5 N–H and O–H groups in total. The van der Waals surface area contributed by atoms with Gasteiger partial charge in [0.1, 0.15) is 6.04 Å². The van der Waals surface area contributed by atoms with Crippen LogP contribution in [0, 0.1) is 0 Å². The summed E-state index contributed by atoms with van der Waals surface area (Å²) in [7, 11) is 0. The maximum absolute atomic E-state index is 12.2. The van der Waals surface area contributed by atoms with Crippen LogP contribution in [-0.4, -0.2) is 23.9 Å². The maximum atomic E-state index is 12.2. The van der Waals surface area contributed by atoms with E-state index >= 15 is 0 Å². The minimum Gasteiger partial charge on any atom is -0.368 e. The van der Waals surface area contributed by atoms with E-state index in [0.29, 0.717) is 12.8 Å². The van der Waals surface area contributed by atoms with E-state index < -0.39 is 18.0 Å². The van der Waals surface area contributed by atoms with E-state index in [0.717, 1.165) is 11.1 Å². The summed E-state index contributed by atoms with van der Waals surface area (Å²) >= 11 is 0. The van der Waals surface area contributed by atoms with Crippen LogP contribution in [0.1, 0.15) is 11.1 Å². The van der Waals surface area contributed by atoms with Crippen molar-refractivity contribution >= 4 is 11.8 Å². The summed E-state index contributed by atoms with van der Waals surface area (Å²) in [4.78, 5) is 23.8. The van der Waals surface area contributed by atoms with Gasteiger partial charge in [0.15, 0.2) is 0 Å². The molecule has 5 heteroatoms. The molecule has 0 radical (unpaired) electrons. The van der Waals surface area contributed by atoms with Crippen LogP contribution in [0.4, 0.5) is 0 Å².